The smallest absolute Gasteiger partial charge is 0.422 e. The first kappa shape index (κ1) is 12.7. The lowest BCUT2D eigenvalue weighted by atomic mass is 10.2. The van der Waals surface area contributed by atoms with Crippen LogP contribution in [0.15, 0.2) is 29.2 Å². The summed E-state index contributed by atoms with van der Waals surface area (Å²) >= 11 is 6.48. The van der Waals surface area contributed by atoms with E-state index in [4.69, 9.17) is 16.7 Å². The molecule has 0 spiro atoms. The Labute approximate surface area is 111 Å². The molecule has 1 aliphatic rings. The van der Waals surface area contributed by atoms with Gasteiger partial charge < -0.3 is 5.11 Å². The number of thioether (sulfide) groups is 1. The molecule has 0 radical (unpaired) electrons. The van der Waals surface area contributed by atoms with E-state index in [1.807, 2.05) is 0 Å². The highest BCUT2D eigenvalue weighted by Crippen LogP contribution is 2.33. The van der Waals surface area contributed by atoms with Crippen LogP contribution in [0.25, 0.3) is 6.08 Å². The van der Waals surface area contributed by atoms with Crippen LogP contribution in [0.3, 0.4) is 0 Å². The van der Waals surface area contributed by atoms with Gasteiger partial charge >= 0.3 is 11.3 Å². The second-order valence-electron chi connectivity index (χ2n) is 3.32. The summed E-state index contributed by atoms with van der Waals surface area (Å²) in [7, 11) is 0. The number of amides is 3. The summed E-state index contributed by atoms with van der Waals surface area (Å²) < 4.78 is 0. The van der Waals surface area contributed by atoms with Crippen molar-refractivity contribution in [2.45, 2.75) is 0 Å². The number of imide groups is 3. The predicted molar refractivity (Wildman–Crippen MR) is 67.3 cm³/mol. The minimum absolute atomic E-state index is 0.0375. The van der Waals surface area contributed by atoms with E-state index in [-0.39, 0.29) is 9.81 Å². The fourth-order valence-electron chi connectivity index (χ4n) is 1.37. The fraction of sp³-hybridized carbons (Fsp3) is 0. The summed E-state index contributed by atoms with van der Waals surface area (Å²) in [5.74, 6) is -0.850. The number of nitrogens with zero attached hydrogens (tertiary/aromatic N) is 1. The molecule has 0 aliphatic carbocycles. The maximum atomic E-state index is 11.7. The SMILES string of the molecule is O=C(O)N1C(=O)S/C(=C\c2ccccc2Cl)C1=O. The molecular weight excluding hydrogens is 278 g/mol. The molecule has 0 aromatic heterocycles. The number of benzene rings is 1. The molecule has 18 heavy (non-hydrogen) atoms. The molecule has 2 rings (SSSR count). The summed E-state index contributed by atoms with van der Waals surface area (Å²) in [5, 5.41) is 8.30. The fourth-order valence-corrected chi connectivity index (χ4v) is 2.36. The Morgan fingerprint density at radius 1 is 1.33 bits per heavy atom. The Balaban J connectivity index is 2.37. The first-order valence-corrected chi connectivity index (χ1v) is 5.95. The first-order valence-electron chi connectivity index (χ1n) is 4.76. The molecule has 0 saturated carbocycles. The zero-order valence-electron chi connectivity index (χ0n) is 8.79. The molecule has 3 amide bonds. The van der Waals surface area contributed by atoms with Gasteiger partial charge in [-0.05, 0) is 29.5 Å². The molecule has 1 aromatic carbocycles. The van der Waals surface area contributed by atoms with E-state index < -0.39 is 17.2 Å². The van der Waals surface area contributed by atoms with Crippen LogP contribution in [0.1, 0.15) is 5.56 Å². The zero-order chi connectivity index (χ0) is 13.3. The van der Waals surface area contributed by atoms with Gasteiger partial charge in [0.05, 0.1) is 4.91 Å². The third-order valence-electron chi connectivity index (χ3n) is 2.18. The van der Waals surface area contributed by atoms with Crippen LogP contribution in [0.2, 0.25) is 5.02 Å². The van der Waals surface area contributed by atoms with E-state index in [0.717, 1.165) is 0 Å². The third kappa shape index (κ3) is 2.25. The second kappa shape index (κ2) is 4.83. The molecule has 1 N–H and O–H groups in total. The maximum absolute atomic E-state index is 11.7. The lowest BCUT2D eigenvalue weighted by Crippen LogP contribution is -2.33. The molecule has 1 aromatic rings. The molecule has 1 heterocycles. The molecular formula is C11H6ClNO4S. The molecule has 0 unspecified atom stereocenters. The predicted octanol–water partition coefficient (Wildman–Crippen LogP) is 3.05. The average molecular weight is 284 g/mol. The Morgan fingerprint density at radius 2 is 2.00 bits per heavy atom. The highest BCUT2D eigenvalue weighted by atomic mass is 35.5. The Hall–Kier alpha value is -1.79. The van der Waals surface area contributed by atoms with Gasteiger partial charge in [-0.3, -0.25) is 9.59 Å². The highest BCUT2D eigenvalue weighted by Gasteiger charge is 2.39. The number of carbonyl (C=O) groups excluding carboxylic acids is 2. The molecule has 1 fully saturated rings. The van der Waals surface area contributed by atoms with E-state index in [9.17, 15) is 14.4 Å². The highest BCUT2D eigenvalue weighted by molar-refractivity contribution is 8.18. The monoisotopic (exact) mass is 283 g/mol. The Bertz CT molecular complexity index is 584. The second-order valence-corrected chi connectivity index (χ2v) is 4.72. The summed E-state index contributed by atoms with van der Waals surface area (Å²) in [6, 6.07) is 6.74. The van der Waals surface area contributed by atoms with Gasteiger partial charge in [0, 0.05) is 5.02 Å². The van der Waals surface area contributed by atoms with Gasteiger partial charge in [-0.15, -0.1) is 0 Å². The average Bonchev–Trinajstić information content (AvgIpc) is 2.57. The van der Waals surface area contributed by atoms with Gasteiger partial charge in [0.2, 0.25) is 0 Å². The zero-order valence-corrected chi connectivity index (χ0v) is 10.4. The minimum atomic E-state index is -1.58. The topological polar surface area (TPSA) is 74.7 Å². The van der Waals surface area contributed by atoms with Crippen LogP contribution in [-0.4, -0.2) is 27.2 Å². The number of rotatable bonds is 1. The largest absolute Gasteiger partial charge is 0.464 e. The first-order chi connectivity index (χ1) is 8.50. The van der Waals surface area contributed by atoms with Gasteiger partial charge in [0.15, 0.2) is 0 Å². The van der Waals surface area contributed by atoms with Gasteiger partial charge in [-0.2, -0.15) is 4.90 Å². The maximum Gasteiger partial charge on any atom is 0.422 e. The van der Waals surface area contributed by atoms with E-state index in [0.29, 0.717) is 22.3 Å². The van der Waals surface area contributed by atoms with Crippen LogP contribution in [0.5, 0.6) is 0 Å². The molecule has 92 valence electrons. The minimum Gasteiger partial charge on any atom is -0.464 e. The van der Waals surface area contributed by atoms with Gasteiger partial charge in [0.1, 0.15) is 0 Å². The number of hydrogen-bond acceptors (Lipinski definition) is 4. The van der Waals surface area contributed by atoms with Gasteiger partial charge in [0.25, 0.3) is 5.91 Å². The van der Waals surface area contributed by atoms with Crippen LogP contribution in [0, 0.1) is 0 Å². The Morgan fingerprint density at radius 3 is 2.56 bits per heavy atom. The number of carboxylic acid groups (broad SMARTS) is 1. The van der Waals surface area contributed by atoms with Crippen molar-refractivity contribution in [2.75, 3.05) is 0 Å². The molecule has 1 aliphatic heterocycles. The van der Waals surface area contributed by atoms with Crippen LogP contribution in [0.4, 0.5) is 9.59 Å². The standard InChI is InChI=1S/C11H6ClNO4S/c12-7-4-2-1-3-6(7)5-8-9(14)13(10(15)16)11(17)18-8/h1-5H,(H,15,16)/b8-5-. The molecule has 5 nitrogen and oxygen atoms in total. The quantitative estimate of drug-likeness (QED) is 0.802. The molecule has 0 atom stereocenters. The van der Waals surface area contributed by atoms with Crippen LogP contribution >= 0.6 is 23.4 Å². The van der Waals surface area contributed by atoms with E-state index >= 15 is 0 Å². The lowest BCUT2D eigenvalue weighted by molar-refractivity contribution is -0.121. The van der Waals surface area contributed by atoms with Gasteiger partial charge in [-0.1, -0.05) is 29.8 Å². The van der Waals surface area contributed by atoms with Crippen molar-refractivity contribution in [1.29, 1.82) is 0 Å². The van der Waals surface area contributed by atoms with Gasteiger partial charge in [-0.25, -0.2) is 4.79 Å². The van der Waals surface area contributed by atoms with Crippen molar-refractivity contribution >= 4 is 46.7 Å². The third-order valence-corrected chi connectivity index (χ3v) is 3.39. The summed E-state index contributed by atoms with van der Waals surface area (Å²) in [4.78, 5) is 33.9. The van der Waals surface area contributed by atoms with E-state index in [1.165, 1.54) is 6.08 Å². The molecule has 7 heteroatoms. The van der Waals surface area contributed by atoms with Crippen molar-refractivity contribution in [3.8, 4) is 0 Å². The van der Waals surface area contributed by atoms with Crippen molar-refractivity contribution in [3.05, 3.63) is 39.8 Å². The van der Waals surface area contributed by atoms with E-state index in [1.54, 1.807) is 24.3 Å². The Kier molecular flexibility index (Phi) is 3.40. The van der Waals surface area contributed by atoms with Crippen molar-refractivity contribution in [1.82, 2.24) is 4.90 Å². The summed E-state index contributed by atoms with van der Waals surface area (Å²) in [6.45, 7) is 0. The van der Waals surface area contributed by atoms with Crippen LogP contribution < -0.4 is 0 Å². The lowest BCUT2D eigenvalue weighted by Gasteiger charge is -2.03. The van der Waals surface area contributed by atoms with Crippen LogP contribution in [-0.2, 0) is 4.79 Å². The summed E-state index contributed by atoms with van der Waals surface area (Å²) in [6.07, 6.45) is -0.184. The number of halogens is 1. The normalized spacial score (nSPS) is 17.6. The molecule has 0 bridgehead atoms. The van der Waals surface area contributed by atoms with Crippen molar-refractivity contribution < 1.29 is 19.5 Å². The molecule has 1 saturated heterocycles. The van der Waals surface area contributed by atoms with E-state index in [2.05, 4.69) is 0 Å². The van der Waals surface area contributed by atoms with Crippen molar-refractivity contribution in [3.63, 3.8) is 0 Å². The summed E-state index contributed by atoms with van der Waals surface area (Å²) in [5.41, 5.74) is 0.551. The number of carbonyl (C=O) groups is 3. The number of hydrogen-bond donors (Lipinski definition) is 1. The van der Waals surface area contributed by atoms with Crippen molar-refractivity contribution in [2.24, 2.45) is 0 Å².